The molecule has 1 heterocycles. The molecule has 1 fully saturated rings. The molecule has 0 radical (unpaired) electrons. The van der Waals surface area contributed by atoms with Crippen molar-refractivity contribution < 1.29 is 9.53 Å². The zero-order chi connectivity index (χ0) is 11.1. The van der Waals surface area contributed by atoms with E-state index < -0.39 is 0 Å². The van der Waals surface area contributed by atoms with Crippen molar-refractivity contribution in [1.29, 1.82) is 5.26 Å². The first-order valence-corrected chi connectivity index (χ1v) is 4.79. The van der Waals surface area contributed by atoms with Crippen molar-refractivity contribution >= 4 is 5.97 Å². The summed E-state index contributed by atoms with van der Waals surface area (Å²) in [5.74, 6) is -0.363. The molecule has 0 aliphatic heterocycles. The summed E-state index contributed by atoms with van der Waals surface area (Å²) >= 11 is 0. The van der Waals surface area contributed by atoms with Gasteiger partial charge < -0.3 is 9.30 Å². The summed E-state index contributed by atoms with van der Waals surface area (Å²) in [6, 6.07) is 4.05. The predicted octanol–water partition coefficient (Wildman–Crippen LogP) is 1.37. The number of rotatable bonds is 2. The van der Waals surface area contributed by atoms with Gasteiger partial charge in [-0.25, -0.2) is 4.79 Å². The molecule has 0 spiro atoms. The van der Waals surface area contributed by atoms with Gasteiger partial charge in [0.15, 0.2) is 0 Å². The van der Waals surface area contributed by atoms with E-state index in [0.717, 1.165) is 18.4 Å². The molecule has 15 heavy (non-hydrogen) atoms. The molecule has 0 unspecified atom stereocenters. The Balaban J connectivity index is 2.38. The van der Waals surface area contributed by atoms with Crippen molar-refractivity contribution in [1.82, 2.24) is 4.57 Å². The third-order valence-electron chi connectivity index (χ3n) is 2.92. The van der Waals surface area contributed by atoms with Crippen LogP contribution in [0.1, 0.15) is 28.9 Å². The number of nitriles is 1. The molecule has 0 bridgehead atoms. The van der Waals surface area contributed by atoms with Gasteiger partial charge in [-0.2, -0.15) is 5.26 Å². The topological polar surface area (TPSA) is 55.0 Å². The van der Waals surface area contributed by atoms with Gasteiger partial charge in [-0.15, -0.1) is 0 Å². The minimum atomic E-state index is -0.363. The van der Waals surface area contributed by atoms with Crippen molar-refractivity contribution in [2.45, 2.75) is 18.3 Å². The molecule has 1 saturated carbocycles. The van der Waals surface area contributed by atoms with Crippen LogP contribution in [0.5, 0.6) is 0 Å². The quantitative estimate of drug-likeness (QED) is 0.683. The summed E-state index contributed by atoms with van der Waals surface area (Å²) in [5.41, 5.74) is 1.08. The molecular formula is C11H12N2O2. The van der Waals surface area contributed by atoms with E-state index in [4.69, 9.17) is 5.26 Å². The first-order chi connectivity index (χ1) is 7.13. The van der Waals surface area contributed by atoms with E-state index in [1.807, 2.05) is 6.20 Å². The maximum atomic E-state index is 11.4. The molecule has 1 aliphatic rings. The highest BCUT2D eigenvalue weighted by atomic mass is 16.5. The highest BCUT2D eigenvalue weighted by Gasteiger charge is 2.46. The summed E-state index contributed by atoms with van der Waals surface area (Å²) < 4.78 is 6.36. The summed E-state index contributed by atoms with van der Waals surface area (Å²) in [6.45, 7) is 0. The SMILES string of the molecule is COC(=O)c1cc(C2(C#N)CC2)cn1C. The molecule has 4 heteroatoms. The molecule has 78 valence electrons. The molecule has 0 amide bonds. The Labute approximate surface area is 88.1 Å². The highest BCUT2D eigenvalue weighted by molar-refractivity contribution is 5.88. The minimum absolute atomic E-state index is 0.343. The number of nitrogens with zero attached hydrogens (tertiary/aromatic N) is 2. The second-order valence-corrected chi connectivity index (χ2v) is 3.91. The van der Waals surface area contributed by atoms with Crippen LogP contribution in [0, 0.1) is 11.3 Å². The summed E-state index contributed by atoms with van der Waals surface area (Å²) in [7, 11) is 3.13. The van der Waals surface area contributed by atoms with Crippen LogP contribution in [0.25, 0.3) is 0 Å². The van der Waals surface area contributed by atoms with E-state index in [0.29, 0.717) is 5.69 Å². The number of carbonyl (C=O) groups is 1. The van der Waals surface area contributed by atoms with Crippen molar-refractivity contribution in [2.75, 3.05) is 7.11 Å². The number of aryl methyl sites for hydroxylation is 1. The lowest BCUT2D eigenvalue weighted by Crippen LogP contribution is -2.06. The molecule has 1 aromatic rings. The Bertz CT molecular complexity index is 450. The Morgan fingerprint density at radius 2 is 2.33 bits per heavy atom. The maximum absolute atomic E-state index is 11.4. The van der Waals surface area contributed by atoms with Crippen molar-refractivity contribution in [3.63, 3.8) is 0 Å². The third-order valence-corrected chi connectivity index (χ3v) is 2.92. The highest BCUT2D eigenvalue weighted by Crippen LogP contribution is 2.47. The van der Waals surface area contributed by atoms with E-state index in [2.05, 4.69) is 10.8 Å². The van der Waals surface area contributed by atoms with Crippen LogP contribution in [-0.2, 0) is 17.2 Å². The summed E-state index contributed by atoms with van der Waals surface area (Å²) in [5, 5.41) is 9.03. The zero-order valence-electron chi connectivity index (χ0n) is 8.78. The van der Waals surface area contributed by atoms with Gasteiger partial charge in [0.05, 0.1) is 18.6 Å². The average molecular weight is 204 g/mol. The van der Waals surface area contributed by atoms with Gasteiger partial charge in [0.25, 0.3) is 0 Å². The van der Waals surface area contributed by atoms with Crippen molar-refractivity contribution in [3.8, 4) is 6.07 Å². The van der Waals surface area contributed by atoms with Gasteiger partial charge in [-0.05, 0) is 24.5 Å². The van der Waals surface area contributed by atoms with Gasteiger partial charge in [-0.3, -0.25) is 0 Å². The lowest BCUT2D eigenvalue weighted by atomic mass is 10.0. The summed E-state index contributed by atoms with van der Waals surface area (Å²) in [6.07, 6.45) is 3.60. The average Bonchev–Trinajstić information content (AvgIpc) is 2.96. The van der Waals surface area contributed by atoms with Crippen LogP contribution in [0.15, 0.2) is 12.3 Å². The number of methoxy groups -OCH3 is 1. The Morgan fingerprint density at radius 1 is 1.67 bits per heavy atom. The lowest BCUT2D eigenvalue weighted by Gasteiger charge is -1.98. The molecule has 0 N–H and O–H groups in total. The van der Waals surface area contributed by atoms with E-state index in [1.165, 1.54) is 7.11 Å². The van der Waals surface area contributed by atoms with E-state index in [1.54, 1.807) is 17.7 Å². The van der Waals surface area contributed by atoms with E-state index in [9.17, 15) is 4.79 Å². The first-order valence-electron chi connectivity index (χ1n) is 4.79. The Hall–Kier alpha value is -1.76. The second-order valence-electron chi connectivity index (χ2n) is 3.91. The fourth-order valence-corrected chi connectivity index (χ4v) is 1.72. The number of hydrogen-bond acceptors (Lipinski definition) is 3. The van der Waals surface area contributed by atoms with Gasteiger partial charge in [-0.1, -0.05) is 0 Å². The van der Waals surface area contributed by atoms with E-state index in [-0.39, 0.29) is 11.4 Å². The number of ether oxygens (including phenoxy) is 1. The molecule has 2 rings (SSSR count). The molecule has 0 aromatic carbocycles. The van der Waals surface area contributed by atoms with Gasteiger partial charge >= 0.3 is 5.97 Å². The van der Waals surface area contributed by atoms with Crippen LogP contribution in [0.3, 0.4) is 0 Å². The molecule has 4 nitrogen and oxygen atoms in total. The number of carbonyl (C=O) groups excluding carboxylic acids is 1. The van der Waals surface area contributed by atoms with Crippen LogP contribution in [-0.4, -0.2) is 17.6 Å². The predicted molar refractivity (Wildman–Crippen MR) is 53.3 cm³/mol. The third kappa shape index (κ3) is 1.40. The monoisotopic (exact) mass is 204 g/mol. The van der Waals surface area contributed by atoms with Gasteiger partial charge in [0.2, 0.25) is 0 Å². The van der Waals surface area contributed by atoms with Crippen LogP contribution in [0.4, 0.5) is 0 Å². The van der Waals surface area contributed by atoms with Crippen molar-refractivity contribution in [3.05, 3.63) is 23.5 Å². The summed E-state index contributed by atoms with van der Waals surface area (Å²) in [4.78, 5) is 11.4. The Kier molecular flexibility index (Phi) is 2.04. The van der Waals surface area contributed by atoms with Crippen LogP contribution >= 0.6 is 0 Å². The minimum Gasteiger partial charge on any atom is -0.464 e. The number of hydrogen-bond donors (Lipinski definition) is 0. The molecule has 0 saturated heterocycles. The van der Waals surface area contributed by atoms with Crippen LogP contribution in [0.2, 0.25) is 0 Å². The zero-order valence-corrected chi connectivity index (χ0v) is 8.78. The number of aromatic nitrogens is 1. The molecule has 0 atom stereocenters. The van der Waals surface area contributed by atoms with Gasteiger partial charge in [0, 0.05) is 13.2 Å². The fourth-order valence-electron chi connectivity index (χ4n) is 1.72. The fraction of sp³-hybridized carbons (Fsp3) is 0.455. The standard InChI is InChI=1S/C11H12N2O2/c1-13-6-8(11(7-12)3-4-11)5-9(13)10(14)15-2/h5-6H,3-4H2,1-2H3. The first kappa shape index (κ1) is 9.78. The number of esters is 1. The molecular weight excluding hydrogens is 192 g/mol. The maximum Gasteiger partial charge on any atom is 0.354 e. The molecule has 1 aromatic heterocycles. The van der Waals surface area contributed by atoms with Crippen molar-refractivity contribution in [2.24, 2.45) is 7.05 Å². The normalized spacial score (nSPS) is 16.9. The van der Waals surface area contributed by atoms with Crippen LogP contribution < -0.4 is 0 Å². The smallest absolute Gasteiger partial charge is 0.354 e. The molecule has 1 aliphatic carbocycles. The van der Waals surface area contributed by atoms with Gasteiger partial charge in [0.1, 0.15) is 5.69 Å². The largest absolute Gasteiger partial charge is 0.464 e. The lowest BCUT2D eigenvalue weighted by molar-refractivity contribution is 0.0590. The van der Waals surface area contributed by atoms with E-state index >= 15 is 0 Å². The second kappa shape index (κ2) is 3.13. The Morgan fingerprint density at radius 3 is 2.80 bits per heavy atom.